The van der Waals surface area contributed by atoms with E-state index >= 15 is 0 Å². The number of carbonyl (C=O) groups excluding carboxylic acids is 3. The zero-order valence-electron chi connectivity index (χ0n) is 17.2. The molecular formula is C23H21ClN2O5S. The summed E-state index contributed by atoms with van der Waals surface area (Å²) in [4.78, 5) is 40.3. The molecule has 7 nitrogen and oxygen atoms in total. The first-order chi connectivity index (χ1) is 15.5. The Kier molecular flexibility index (Phi) is 7.14. The van der Waals surface area contributed by atoms with Gasteiger partial charge in [0.1, 0.15) is 18.9 Å². The number of amides is 3. The number of benzene rings is 2. The molecule has 2 heterocycles. The van der Waals surface area contributed by atoms with E-state index in [4.69, 9.17) is 21.1 Å². The van der Waals surface area contributed by atoms with Crippen LogP contribution in [-0.2, 0) is 20.9 Å². The normalized spacial score (nSPS) is 17.8. The maximum atomic E-state index is 12.7. The Morgan fingerprint density at radius 3 is 2.44 bits per heavy atom. The summed E-state index contributed by atoms with van der Waals surface area (Å²) in [6, 6.07) is 14.6. The summed E-state index contributed by atoms with van der Waals surface area (Å²) in [6.45, 7) is 2.03. The molecule has 0 aromatic heterocycles. The van der Waals surface area contributed by atoms with Gasteiger partial charge < -0.3 is 14.4 Å². The number of rotatable bonds is 6. The largest absolute Gasteiger partial charge is 0.489 e. The number of morpholine rings is 1. The standard InChI is InChI=1S/C23H21ClN2O5S/c24-18-5-1-17(2-6-18)15-31-19-7-3-16(4-8-19)13-20-22(28)26(23(29)32-20)14-21(27)25-9-11-30-12-10-25/h1-8,13H,9-12,14-15H2/b20-13-. The van der Waals surface area contributed by atoms with Gasteiger partial charge in [0.05, 0.1) is 18.1 Å². The van der Waals surface area contributed by atoms with E-state index in [1.165, 1.54) is 0 Å². The summed E-state index contributed by atoms with van der Waals surface area (Å²) in [5.41, 5.74) is 1.76. The van der Waals surface area contributed by atoms with Gasteiger partial charge in [0, 0.05) is 18.1 Å². The smallest absolute Gasteiger partial charge is 0.294 e. The zero-order valence-corrected chi connectivity index (χ0v) is 18.7. The highest BCUT2D eigenvalue weighted by atomic mass is 35.5. The van der Waals surface area contributed by atoms with Gasteiger partial charge in [0.25, 0.3) is 11.1 Å². The highest BCUT2D eigenvalue weighted by Crippen LogP contribution is 2.32. The summed E-state index contributed by atoms with van der Waals surface area (Å²) < 4.78 is 11.0. The SMILES string of the molecule is O=C(CN1C(=O)S/C(=C\c2ccc(OCc3ccc(Cl)cc3)cc2)C1=O)N1CCOCC1. The fourth-order valence-corrected chi connectivity index (χ4v) is 4.21. The average Bonchev–Trinajstić information content (AvgIpc) is 3.07. The van der Waals surface area contributed by atoms with Gasteiger partial charge in [-0.25, -0.2) is 0 Å². The van der Waals surface area contributed by atoms with E-state index in [0.29, 0.717) is 48.6 Å². The molecule has 0 saturated carbocycles. The third-order valence-electron chi connectivity index (χ3n) is 5.03. The molecule has 2 aliphatic heterocycles. The van der Waals surface area contributed by atoms with Crippen LogP contribution >= 0.6 is 23.4 Å². The molecule has 166 valence electrons. The molecule has 9 heteroatoms. The molecule has 0 atom stereocenters. The lowest BCUT2D eigenvalue weighted by atomic mass is 10.2. The van der Waals surface area contributed by atoms with Crippen LogP contribution in [0.3, 0.4) is 0 Å². The van der Waals surface area contributed by atoms with E-state index in [1.807, 2.05) is 36.4 Å². The molecule has 2 aromatic carbocycles. The molecule has 2 fully saturated rings. The number of carbonyl (C=O) groups is 3. The Morgan fingerprint density at radius 2 is 1.75 bits per heavy atom. The van der Waals surface area contributed by atoms with E-state index in [1.54, 1.807) is 23.1 Å². The number of halogens is 1. The number of hydrogen-bond acceptors (Lipinski definition) is 6. The van der Waals surface area contributed by atoms with Crippen molar-refractivity contribution in [3.05, 3.63) is 69.6 Å². The van der Waals surface area contributed by atoms with Crippen LogP contribution in [0, 0.1) is 0 Å². The second-order valence-electron chi connectivity index (χ2n) is 7.25. The van der Waals surface area contributed by atoms with Crippen molar-refractivity contribution in [2.45, 2.75) is 6.61 Å². The molecule has 0 bridgehead atoms. The van der Waals surface area contributed by atoms with Crippen molar-refractivity contribution >= 4 is 46.5 Å². The number of thioether (sulfide) groups is 1. The fraction of sp³-hybridized carbons (Fsp3) is 0.261. The zero-order chi connectivity index (χ0) is 22.5. The van der Waals surface area contributed by atoms with Gasteiger partial charge in [-0.15, -0.1) is 0 Å². The molecule has 2 aromatic rings. The van der Waals surface area contributed by atoms with E-state index in [-0.39, 0.29) is 12.5 Å². The van der Waals surface area contributed by atoms with E-state index in [9.17, 15) is 14.4 Å². The molecule has 0 N–H and O–H groups in total. The molecular weight excluding hydrogens is 452 g/mol. The van der Waals surface area contributed by atoms with Gasteiger partial charge >= 0.3 is 0 Å². The van der Waals surface area contributed by atoms with Crippen LogP contribution in [-0.4, -0.2) is 59.7 Å². The number of nitrogens with zero attached hydrogens (tertiary/aromatic N) is 2. The highest BCUT2D eigenvalue weighted by molar-refractivity contribution is 8.18. The molecule has 2 saturated heterocycles. The van der Waals surface area contributed by atoms with Crippen molar-refractivity contribution in [2.24, 2.45) is 0 Å². The number of ether oxygens (including phenoxy) is 2. The average molecular weight is 473 g/mol. The molecule has 3 amide bonds. The topological polar surface area (TPSA) is 76.2 Å². The Labute approximate surface area is 194 Å². The molecule has 0 radical (unpaired) electrons. The molecule has 0 aliphatic carbocycles. The van der Waals surface area contributed by atoms with Gasteiger partial charge in [0.2, 0.25) is 5.91 Å². The lowest BCUT2D eigenvalue weighted by molar-refractivity contribution is -0.139. The predicted octanol–water partition coefficient (Wildman–Crippen LogP) is 3.81. The Balaban J connectivity index is 1.35. The lowest BCUT2D eigenvalue weighted by Crippen LogP contribution is -2.46. The van der Waals surface area contributed by atoms with Gasteiger partial charge in [-0.1, -0.05) is 35.9 Å². The minimum absolute atomic E-state index is 0.251. The second-order valence-corrected chi connectivity index (χ2v) is 8.67. The summed E-state index contributed by atoms with van der Waals surface area (Å²) in [5, 5.41) is 0.235. The van der Waals surface area contributed by atoms with Crippen molar-refractivity contribution in [1.29, 1.82) is 0 Å². The first-order valence-corrected chi connectivity index (χ1v) is 11.3. The van der Waals surface area contributed by atoms with Crippen molar-refractivity contribution in [2.75, 3.05) is 32.8 Å². The van der Waals surface area contributed by atoms with E-state index in [0.717, 1.165) is 27.8 Å². The summed E-state index contributed by atoms with van der Waals surface area (Å²) in [7, 11) is 0. The van der Waals surface area contributed by atoms with E-state index in [2.05, 4.69) is 0 Å². The Hall–Kier alpha value is -2.81. The molecule has 32 heavy (non-hydrogen) atoms. The Morgan fingerprint density at radius 1 is 1.06 bits per heavy atom. The van der Waals surface area contributed by atoms with E-state index < -0.39 is 11.1 Å². The third-order valence-corrected chi connectivity index (χ3v) is 6.19. The Bertz CT molecular complexity index is 1030. The van der Waals surface area contributed by atoms with Crippen LogP contribution in [0.5, 0.6) is 5.75 Å². The molecule has 4 rings (SSSR count). The van der Waals surface area contributed by atoms with Crippen molar-refractivity contribution in [3.8, 4) is 5.75 Å². The third kappa shape index (κ3) is 5.51. The van der Waals surface area contributed by atoms with Gasteiger partial charge in [-0.05, 0) is 53.2 Å². The van der Waals surface area contributed by atoms with Crippen molar-refractivity contribution in [3.63, 3.8) is 0 Å². The summed E-state index contributed by atoms with van der Waals surface area (Å²) >= 11 is 6.72. The highest BCUT2D eigenvalue weighted by Gasteiger charge is 2.37. The second kappa shape index (κ2) is 10.2. The van der Waals surface area contributed by atoms with Crippen molar-refractivity contribution in [1.82, 2.24) is 9.80 Å². The maximum Gasteiger partial charge on any atom is 0.294 e. The maximum absolute atomic E-state index is 12.7. The van der Waals surface area contributed by atoms with Gasteiger partial charge in [-0.2, -0.15) is 0 Å². The van der Waals surface area contributed by atoms with Crippen LogP contribution in [0.25, 0.3) is 6.08 Å². The predicted molar refractivity (Wildman–Crippen MR) is 122 cm³/mol. The fourth-order valence-electron chi connectivity index (χ4n) is 3.24. The van der Waals surface area contributed by atoms with Crippen LogP contribution in [0.2, 0.25) is 5.02 Å². The lowest BCUT2D eigenvalue weighted by Gasteiger charge is -2.28. The van der Waals surface area contributed by atoms with Crippen LogP contribution in [0.15, 0.2) is 53.4 Å². The minimum atomic E-state index is -0.454. The van der Waals surface area contributed by atoms with Gasteiger partial charge in [-0.3, -0.25) is 19.3 Å². The number of hydrogen-bond donors (Lipinski definition) is 0. The monoisotopic (exact) mass is 472 g/mol. The van der Waals surface area contributed by atoms with Crippen LogP contribution in [0.4, 0.5) is 4.79 Å². The molecule has 0 unspecified atom stereocenters. The first kappa shape index (κ1) is 22.4. The molecule has 0 spiro atoms. The quantitative estimate of drug-likeness (QED) is 0.595. The van der Waals surface area contributed by atoms with Crippen LogP contribution in [0.1, 0.15) is 11.1 Å². The van der Waals surface area contributed by atoms with Crippen LogP contribution < -0.4 is 4.74 Å². The van der Waals surface area contributed by atoms with Gasteiger partial charge in [0.15, 0.2) is 0 Å². The number of imide groups is 1. The summed E-state index contributed by atoms with van der Waals surface area (Å²) in [5.74, 6) is -0.0231. The molecule has 2 aliphatic rings. The summed E-state index contributed by atoms with van der Waals surface area (Å²) in [6.07, 6.45) is 1.65. The van der Waals surface area contributed by atoms with Crippen molar-refractivity contribution < 1.29 is 23.9 Å². The first-order valence-electron chi connectivity index (χ1n) is 10.1. The minimum Gasteiger partial charge on any atom is -0.489 e.